The number of aryl methyl sites for hydroxylation is 1. The molecule has 2 atom stereocenters. The average Bonchev–Trinajstić information content (AvgIpc) is 3.15. The second-order valence-electron chi connectivity index (χ2n) is 5.96. The van der Waals surface area contributed by atoms with Crippen molar-refractivity contribution >= 4 is 11.6 Å². The number of nitrogens with zero attached hydrogens (tertiary/aromatic N) is 3. The van der Waals surface area contributed by atoms with E-state index in [4.69, 9.17) is 4.42 Å². The van der Waals surface area contributed by atoms with E-state index in [0.29, 0.717) is 18.2 Å². The van der Waals surface area contributed by atoms with Crippen LogP contribution in [0.2, 0.25) is 0 Å². The molecule has 122 valence electrons. The van der Waals surface area contributed by atoms with Crippen molar-refractivity contribution in [3.63, 3.8) is 0 Å². The highest BCUT2D eigenvalue weighted by molar-refractivity contribution is 5.96. The molecule has 0 radical (unpaired) electrons. The molecular weight excluding hydrogens is 300 g/mol. The molecule has 1 saturated heterocycles. The number of H-pyrrole nitrogens is 1. The SMILES string of the molecule is Cc1[nH]nc(C(=O)N2CC[C@H](C)C[C@H]2c2ccco2)c1[N+](=O)[O-]. The molecule has 1 N–H and O–H groups in total. The summed E-state index contributed by atoms with van der Waals surface area (Å²) in [6, 6.07) is 3.38. The maximum Gasteiger partial charge on any atom is 0.322 e. The second kappa shape index (κ2) is 5.86. The van der Waals surface area contributed by atoms with Crippen molar-refractivity contribution in [2.45, 2.75) is 32.7 Å². The smallest absolute Gasteiger partial charge is 0.322 e. The lowest BCUT2D eigenvalue weighted by Crippen LogP contribution is -2.40. The summed E-state index contributed by atoms with van der Waals surface area (Å²) >= 11 is 0. The van der Waals surface area contributed by atoms with Gasteiger partial charge in [0.1, 0.15) is 11.5 Å². The molecule has 1 fully saturated rings. The Hall–Kier alpha value is -2.64. The first-order valence-electron chi connectivity index (χ1n) is 7.52. The van der Waals surface area contributed by atoms with Gasteiger partial charge in [-0.1, -0.05) is 6.92 Å². The Labute approximate surface area is 132 Å². The number of likely N-dealkylation sites (tertiary alicyclic amines) is 1. The van der Waals surface area contributed by atoms with E-state index in [9.17, 15) is 14.9 Å². The Morgan fingerprint density at radius 2 is 2.35 bits per heavy atom. The van der Waals surface area contributed by atoms with E-state index in [-0.39, 0.29) is 23.1 Å². The molecule has 1 aliphatic heterocycles. The largest absolute Gasteiger partial charge is 0.467 e. The van der Waals surface area contributed by atoms with Crippen LogP contribution in [0.3, 0.4) is 0 Å². The molecule has 8 nitrogen and oxygen atoms in total. The van der Waals surface area contributed by atoms with Crippen LogP contribution in [0, 0.1) is 23.0 Å². The normalized spacial score (nSPS) is 21.4. The van der Waals surface area contributed by atoms with Crippen LogP contribution in [0.5, 0.6) is 0 Å². The van der Waals surface area contributed by atoms with Gasteiger partial charge in [0.15, 0.2) is 0 Å². The van der Waals surface area contributed by atoms with Crippen molar-refractivity contribution in [2.75, 3.05) is 6.54 Å². The lowest BCUT2D eigenvalue weighted by atomic mass is 9.90. The Morgan fingerprint density at radius 3 is 3.00 bits per heavy atom. The molecule has 0 spiro atoms. The van der Waals surface area contributed by atoms with Crippen molar-refractivity contribution in [1.29, 1.82) is 0 Å². The predicted molar refractivity (Wildman–Crippen MR) is 80.9 cm³/mol. The minimum atomic E-state index is -0.569. The fourth-order valence-corrected chi connectivity index (χ4v) is 3.07. The summed E-state index contributed by atoms with van der Waals surface area (Å²) in [5.74, 6) is 0.708. The lowest BCUT2D eigenvalue weighted by molar-refractivity contribution is -0.385. The third-order valence-electron chi connectivity index (χ3n) is 4.30. The molecule has 3 heterocycles. The van der Waals surface area contributed by atoms with Crippen molar-refractivity contribution < 1.29 is 14.1 Å². The molecule has 8 heteroatoms. The van der Waals surface area contributed by atoms with Gasteiger partial charge in [0, 0.05) is 6.54 Å². The number of hydrogen-bond acceptors (Lipinski definition) is 5. The molecule has 0 aromatic carbocycles. The van der Waals surface area contributed by atoms with Crippen LogP contribution < -0.4 is 0 Å². The van der Waals surface area contributed by atoms with Crippen LogP contribution in [0.1, 0.15) is 47.7 Å². The van der Waals surface area contributed by atoms with E-state index in [1.165, 1.54) is 6.92 Å². The number of aromatic nitrogens is 2. The van der Waals surface area contributed by atoms with Crippen molar-refractivity contribution in [2.24, 2.45) is 5.92 Å². The van der Waals surface area contributed by atoms with Gasteiger partial charge in [-0.3, -0.25) is 20.0 Å². The molecule has 2 aromatic rings. The molecular formula is C15H18N4O4. The number of nitrogens with one attached hydrogen (secondary N) is 1. The summed E-state index contributed by atoms with van der Waals surface area (Å²) in [6.45, 7) is 4.18. The third-order valence-corrected chi connectivity index (χ3v) is 4.30. The predicted octanol–water partition coefficient (Wildman–Crippen LogP) is 2.83. The quantitative estimate of drug-likeness (QED) is 0.692. The van der Waals surface area contributed by atoms with Gasteiger partial charge in [-0.25, -0.2) is 0 Å². The van der Waals surface area contributed by atoms with E-state index in [1.807, 2.05) is 6.07 Å². The maximum atomic E-state index is 12.8. The summed E-state index contributed by atoms with van der Waals surface area (Å²) in [5.41, 5.74) is -0.122. The minimum Gasteiger partial charge on any atom is -0.467 e. The summed E-state index contributed by atoms with van der Waals surface area (Å²) in [7, 11) is 0. The van der Waals surface area contributed by atoms with Crippen molar-refractivity contribution in [3.05, 3.63) is 45.7 Å². The minimum absolute atomic E-state index is 0.140. The number of carbonyl (C=O) groups is 1. The number of rotatable bonds is 3. The van der Waals surface area contributed by atoms with E-state index in [2.05, 4.69) is 17.1 Å². The zero-order chi connectivity index (χ0) is 16.6. The fourth-order valence-electron chi connectivity index (χ4n) is 3.07. The molecule has 23 heavy (non-hydrogen) atoms. The standard InChI is InChI=1S/C15H18N4O4/c1-9-5-6-18(11(8-9)12-4-3-7-23-12)15(20)13-14(19(21)22)10(2)16-17-13/h3-4,7,9,11H,5-6,8H2,1-2H3,(H,16,17)/t9-,11-/m0/s1. The third kappa shape index (κ3) is 2.71. The van der Waals surface area contributed by atoms with Gasteiger partial charge in [-0.15, -0.1) is 0 Å². The zero-order valence-electron chi connectivity index (χ0n) is 13.0. The molecule has 1 aliphatic rings. The summed E-state index contributed by atoms with van der Waals surface area (Å²) in [5, 5.41) is 17.6. The highest BCUT2D eigenvalue weighted by atomic mass is 16.6. The molecule has 0 bridgehead atoms. The molecule has 0 aliphatic carbocycles. The van der Waals surface area contributed by atoms with Crippen molar-refractivity contribution in [1.82, 2.24) is 15.1 Å². The van der Waals surface area contributed by atoms with E-state index in [1.54, 1.807) is 17.2 Å². The van der Waals surface area contributed by atoms with Crippen LogP contribution in [0.15, 0.2) is 22.8 Å². The maximum absolute atomic E-state index is 12.8. The van der Waals surface area contributed by atoms with Gasteiger partial charge < -0.3 is 9.32 Å². The summed E-state index contributed by atoms with van der Waals surface area (Å²) in [4.78, 5) is 25.1. The molecule has 1 amide bonds. The van der Waals surface area contributed by atoms with Crippen LogP contribution in [-0.2, 0) is 0 Å². The fraction of sp³-hybridized carbons (Fsp3) is 0.467. The zero-order valence-corrected chi connectivity index (χ0v) is 13.0. The number of hydrogen-bond donors (Lipinski definition) is 1. The van der Waals surface area contributed by atoms with Gasteiger partial charge in [-0.2, -0.15) is 5.10 Å². The number of furan rings is 1. The number of nitro groups is 1. The van der Waals surface area contributed by atoms with Gasteiger partial charge in [-0.05, 0) is 37.8 Å². The first kappa shape index (κ1) is 15.3. The lowest BCUT2D eigenvalue weighted by Gasteiger charge is -2.36. The molecule has 2 aromatic heterocycles. The number of carbonyl (C=O) groups excluding carboxylic acids is 1. The second-order valence-corrected chi connectivity index (χ2v) is 5.96. The highest BCUT2D eigenvalue weighted by Gasteiger charge is 2.37. The Morgan fingerprint density at radius 1 is 1.57 bits per heavy atom. The Kier molecular flexibility index (Phi) is 3.89. The van der Waals surface area contributed by atoms with Gasteiger partial charge in [0.25, 0.3) is 5.91 Å². The van der Waals surface area contributed by atoms with Gasteiger partial charge >= 0.3 is 5.69 Å². The number of amides is 1. The summed E-state index contributed by atoms with van der Waals surface area (Å²) in [6.07, 6.45) is 3.18. The van der Waals surface area contributed by atoms with Gasteiger partial charge in [0.05, 0.1) is 17.2 Å². The number of piperidine rings is 1. The molecule has 3 rings (SSSR count). The molecule has 0 saturated carbocycles. The van der Waals surface area contributed by atoms with Crippen LogP contribution in [-0.4, -0.2) is 32.5 Å². The molecule has 0 unspecified atom stereocenters. The number of aromatic amines is 1. The first-order valence-corrected chi connectivity index (χ1v) is 7.52. The van der Waals surface area contributed by atoms with Crippen LogP contribution >= 0.6 is 0 Å². The van der Waals surface area contributed by atoms with E-state index in [0.717, 1.165) is 12.8 Å². The van der Waals surface area contributed by atoms with Crippen molar-refractivity contribution in [3.8, 4) is 0 Å². The van der Waals surface area contributed by atoms with E-state index >= 15 is 0 Å². The average molecular weight is 318 g/mol. The highest BCUT2D eigenvalue weighted by Crippen LogP contribution is 2.36. The summed E-state index contributed by atoms with van der Waals surface area (Å²) < 4.78 is 5.46. The van der Waals surface area contributed by atoms with Crippen LogP contribution in [0.4, 0.5) is 5.69 Å². The topological polar surface area (TPSA) is 105 Å². The van der Waals surface area contributed by atoms with Gasteiger partial charge in [0.2, 0.25) is 5.69 Å². The Bertz CT molecular complexity index is 722. The van der Waals surface area contributed by atoms with E-state index < -0.39 is 10.8 Å². The van der Waals surface area contributed by atoms with Crippen LogP contribution in [0.25, 0.3) is 0 Å². The Balaban J connectivity index is 1.95. The first-order chi connectivity index (χ1) is 11.0. The monoisotopic (exact) mass is 318 g/mol.